The number of aryl methyl sites for hydroxylation is 2. The van der Waals surface area contributed by atoms with E-state index in [9.17, 15) is 4.79 Å². The molecule has 0 radical (unpaired) electrons. The number of halogens is 1. The maximum absolute atomic E-state index is 11.1. The van der Waals surface area contributed by atoms with Gasteiger partial charge in [0.15, 0.2) is 5.82 Å². The van der Waals surface area contributed by atoms with Gasteiger partial charge in [0.25, 0.3) is 0 Å². The van der Waals surface area contributed by atoms with E-state index in [2.05, 4.69) is 20.3 Å². The summed E-state index contributed by atoms with van der Waals surface area (Å²) in [7, 11) is 1.29. The number of aromatic nitrogens is 4. The molecule has 0 spiro atoms. The van der Waals surface area contributed by atoms with E-state index in [0.717, 1.165) is 0 Å². The number of carbonyl (C=O) groups excluding carboxylic acids is 1. The molecule has 100 valence electrons. The summed E-state index contributed by atoms with van der Waals surface area (Å²) in [5, 5.41) is 19.5. The van der Waals surface area contributed by atoms with Crippen LogP contribution in [0.5, 0.6) is 0 Å². The predicted molar refractivity (Wildman–Crippen MR) is 63.6 cm³/mol. The van der Waals surface area contributed by atoms with Gasteiger partial charge in [0.2, 0.25) is 0 Å². The fraction of sp³-hybridized carbons (Fsp3) is 0.667. The lowest BCUT2D eigenvalue weighted by Crippen LogP contribution is -2.32. The molecular weight excluding hydrogens is 260 g/mol. The molecule has 2 N–H and O–H groups in total. The van der Waals surface area contributed by atoms with Crippen LogP contribution in [0.1, 0.15) is 18.7 Å². The van der Waals surface area contributed by atoms with Crippen LogP contribution >= 0.6 is 12.4 Å². The lowest BCUT2D eigenvalue weighted by atomic mass is 10.1. The minimum Gasteiger partial charge on any atom is -0.468 e. The van der Waals surface area contributed by atoms with Crippen molar-refractivity contribution in [3.05, 3.63) is 5.82 Å². The van der Waals surface area contributed by atoms with Gasteiger partial charge in [-0.2, -0.15) is 5.26 Å². The molecule has 18 heavy (non-hydrogen) atoms. The highest BCUT2D eigenvalue weighted by Crippen LogP contribution is 2.02. The number of tetrazole rings is 1. The molecule has 1 aromatic rings. The lowest BCUT2D eigenvalue weighted by Gasteiger charge is -2.08. The van der Waals surface area contributed by atoms with Gasteiger partial charge in [-0.25, -0.2) is 4.68 Å². The molecule has 1 rings (SSSR count). The Balaban J connectivity index is 0.00000289. The molecule has 0 fully saturated rings. The Morgan fingerprint density at radius 3 is 3.00 bits per heavy atom. The van der Waals surface area contributed by atoms with E-state index >= 15 is 0 Å². The molecule has 1 unspecified atom stereocenters. The zero-order valence-corrected chi connectivity index (χ0v) is 10.8. The third-order valence-electron chi connectivity index (χ3n) is 2.22. The summed E-state index contributed by atoms with van der Waals surface area (Å²) in [4.78, 5) is 11.1. The van der Waals surface area contributed by atoms with Crippen molar-refractivity contribution in [2.75, 3.05) is 7.11 Å². The minimum absolute atomic E-state index is 0. The van der Waals surface area contributed by atoms with Crippen LogP contribution in [0, 0.1) is 11.3 Å². The van der Waals surface area contributed by atoms with Crippen LogP contribution in [-0.4, -0.2) is 39.3 Å². The molecule has 0 aliphatic carbocycles. The average Bonchev–Trinajstić information content (AvgIpc) is 2.79. The zero-order chi connectivity index (χ0) is 12.7. The summed E-state index contributed by atoms with van der Waals surface area (Å²) in [5.41, 5.74) is 5.59. The topological polar surface area (TPSA) is 120 Å². The number of esters is 1. The maximum Gasteiger partial charge on any atom is 0.322 e. The monoisotopic (exact) mass is 274 g/mol. The van der Waals surface area contributed by atoms with Crippen LogP contribution in [0.4, 0.5) is 0 Å². The Hall–Kier alpha value is -1.72. The SMILES string of the molecule is COC(=O)C(N)CCc1nnnn1CCC#N.Cl. The first kappa shape index (κ1) is 16.3. The molecule has 0 saturated heterocycles. The van der Waals surface area contributed by atoms with Crippen LogP contribution in [0.25, 0.3) is 0 Å². The largest absolute Gasteiger partial charge is 0.468 e. The fourth-order valence-corrected chi connectivity index (χ4v) is 1.29. The molecule has 1 atom stereocenters. The van der Waals surface area contributed by atoms with Crippen LogP contribution < -0.4 is 5.73 Å². The smallest absolute Gasteiger partial charge is 0.322 e. The Labute approximate surface area is 110 Å². The number of hydrogen-bond donors (Lipinski definition) is 1. The molecule has 1 heterocycles. The molecule has 0 aliphatic rings. The molecule has 0 saturated carbocycles. The first-order valence-electron chi connectivity index (χ1n) is 5.14. The molecule has 0 amide bonds. The molecule has 9 heteroatoms. The van der Waals surface area contributed by atoms with Gasteiger partial charge in [-0.15, -0.1) is 17.5 Å². The van der Waals surface area contributed by atoms with Crippen molar-refractivity contribution in [2.24, 2.45) is 5.73 Å². The highest BCUT2D eigenvalue weighted by molar-refractivity contribution is 5.85. The van der Waals surface area contributed by atoms with E-state index in [4.69, 9.17) is 11.0 Å². The van der Waals surface area contributed by atoms with Crippen molar-refractivity contribution in [1.29, 1.82) is 5.26 Å². The van der Waals surface area contributed by atoms with Gasteiger partial charge >= 0.3 is 5.97 Å². The first-order chi connectivity index (χ1) is 8.19. The summed E-state index contributed by atoms with van der Waals surface area (Å²) in [5.74, 6) is 0.153. The predicted octanol–water partition coefficient (Wildman–Crippen LogP) is -0.559. The van der Waals surface area contributed by atoms with Gasteiger partial charge in [-0.3, -0.25) is 4.79 Å². The van der Waals surface area contributed by atoms with Crippen LogP contribution in [0.15, 0.2) is 0 Å². The van der Waals surface area contributed by atoms with E-state index < -0.39 is 12.0 Å². The van der Waals surface area contributed by atoms with E-state index in [1.807, 2.05) is 6.07 Å². The highest BCUT2D eigenvalue weighted by Gasteiger charge is 2.15. The second kappa shape index (κ2) is 8.38. The van der Waals surface area contributed by atoms with E-state index in [0.29, 0.717) is 31.6 Å². The summed E-state index contributed by atoms with van der Waals surface area (Å²) in [6.45, 7) is 0.437. The van der Waals surface area contributed by atoms with Gasteiger partial charge in [0, 0.05) is 6.42 Å². The van der Waals surface area contributed by atoms with Gasteiger partial charge in [-0.1, -0.05) is 0 Å². The highest BCUT2D eigenvalue weighted by atomic mass is 35.5. The standard InChI is InChI=1S/C9H14N6O2.ClH/c1-17-9(16)7(11)3-4-8-12-13-14-15(8)6-2-5-10;/h7H,2-4,6,11H2,1H3;1H. The van der Waals surface area contributed by atoms with Crippen molar-refractivity contribution >= 4 is 18.4 Å². The van der Waals surface area contributed by atoms with Crippen molar-refractivity contribution in [2.45, 2.75) is 31.8 Å². The number of carbonyl (C=O) groups is 1. The lowest BCUT2D eigenvalue weighted by molar-refractivity contribution is -0.142. The molecule has 0 bridgehead atoms. The fourth-order valence-electron chi connectivity index (χ4n) is 1.29. The van der Waals surface area contributed by atoms with Gasteiger partial charge < -0.3 is 10.5 Å². The number of nitriles is 1. The Kier molecular flexibility index (Phi) is 7.58. The van der Waals surface area contributed by atoms with Crippen LogP contribution in [0.2, 0.25) is 0 Å². The van der Waals surface area contributed by atoms with E-state index in [1.54, 1.807) is 0 Å². The van der Waals surface area contributed by atoms with Crippen molar-refractivity contribution in [3.8, 4) is 6.07 Å². The summed E-state index contributed by atoms with van der Waals surface area (Å²) in [6.07, 6.45) is 1.20. The third kappa shape index (κ3) is 4.65. The normalized spacial score (nSPS) is 11.2. The van der Waals surface area contributed by atoms with Gasteiger partial charge in [-0.05, 0) is 16.8 Å². The van der Waals surface area contributed by atoms with Crippen molar-refractivity contribution < 1.29 is 9.53 Å². The number of nitrogens with two attached hydrogens (primary N) is 1. The summed E-state index contributed by atoms with van der Waals surface area (Å²) < 4.78 is 6.05. The van der Waals surface area contributed by atoms with E-state index in [1.165, 1.54) is 11.8 Å². The van der Waals surface area contributed by atoms with Crippen LogP contribution in [-0.2, 0) is 22.5 Å². The summed E-state index contributed by atoms with van der Waals surface area (Å²) in [6, 6.07) is 1.33. The quantitative estimate of drug-likeness (QED) is 0.690. The number of hydrogen-bond acceptors (Lipinski definition) is 7. The molecule has 8 nitrogen and oxygen atoms in total. The summed E-state index contributed by atoms with van der Waals surface area (Å²) >= 11 is 0. The zero-order valence-electron chi connectivity index (χ0n) is 9.94. The molecule has 0 aliphatic heterocycles. The van der Waals surface area contributed by atoms with Crippen LogP contribution in [0.3, 0.4) is 0 Å². The molecule has 0 aromatic carbocycles. The third-order valence-corrected chi connectivity index (χ3v) is 2.22. The number of rotatable bonds is 6. The molecular formula is C9H15ClN6O2. The van der Waals surface area contributed by atoms with Gasteiger partial charge in [0.05, 0.1) is 26.1 Å². The number of ether oxygens (including phenoxy) is 1. The second-order valence-electron chi connectivity index (χ2n) is 3.39. The van der Waals surface area contributed by atoms with Crippen molar-refractivity contribution in [3.63, 3.8) is 0 Å². The number of methoxy groups -OCH3 is 1. The van der Waals surface area contributed by atoms with Crippen molar-refractivity contribution in [1.82, 2.24) is 20.2 Å². The average molecular weight is 275 g/mol. The Morgan fingerprint density at radius 1 is 1.67 bits per heavy atom. The Bertz CT molecular complexity index is 415. The van der Waals surface area contributed by atoms with Gasteiger partial charge in [0.1, 0.15) is 6.04 Å². The first-order valence-corrected chi connectivity index (χ1v) is 5.14. The Morgan fingerprint density at radius 2 is 2.39 bits per heavy atom. The maximum atomic E-state index is 11.1. The second-order valence-corrected chi connectivity index (χ2v) is 3.39. The molecule has 1 aromatic heterocycles. The number of nitrogens with zero attached hydrogens (tertiary/aromatic N) is 5. The minimum atomic E-state index is -0.680. The van der Waals surface area contributed by atoms with E-state index in [-0.39, 0.29) is 12.4 Å².